The summed E-state index contributed by atoms with van der Waals surface area (Å²) in [4.78, 5) is 29.1. The normalized spacial score (nSPS) is 13.8. The lowest BCUT2D eigenvalue weighted by Gasteiger charge is -2.14. The van der Waals surface area contributed by atoms with E-state index >= 15 is 0 Å². The molecule has 1 aromatic carbocycles. The number of pyridine rings is 2. The molecule has 1 aliphatic rings. The Balaban J connectivity index is 1.60. The minimum absolute atomic E-state index is 0.151. The molecule has 1 fully saturated rings. The topological polar surface area (TPSA) is 98.1 Å². The van der Waals surface area contributed by atoms with Crippen molar-refractivity contribution in [3.63, 3.8) is 0 Å². The summed E-state index contributed by atoms with van der Waals surface area (Å²) < 4.78 is 46.1. The zero-order chi connectivity index (χ0) is 22.2. The van der Waals surface area contributed by atoms with E-state index in [0.29, 0.717) is 11.7 Å². The van der Waals surface area contributed by atoms with Gasteiger partial charge in [0.25, 0.3) is 11.5 Å². The molecule has 4 rings (SSSR count). The van der Waals surface area contributed by atoms with Crippen molar-refractivity contribution in [2.24, 2.45) is 5.73 Å². The van der Waals surface area contributed by atoms with E-state index < -0.39 is 28.9 Å². The van der Waals surface area contributed by atoms with Crippen LogP contribution in [0.3, 0.4) is 0 Å². The second-order valence-corrected chi connectivity index (χ2v) is 7.32. The lowest BCUT2D eigenvalue weighted by Crippen LogP contribution is -2.27. The number of rotatable bonds is 6. The van der Waals surface area contributed by atoms with Crippen LogP contribution in [0.15, 0.2) is 53.6 Å². The number of aromatic nitrogens is 2. The first-order valence-electron chi connectivity index (χ1n) is 9.54. The molecule has 9 heteroatoms. The van der Waals surface area contributed by atoms with Crippen LogP contribution in [-0.4, -0.2) is 15.9 Å². The molecule has 6 nitrogen and oxygen atoms in total. The van der Waals surface area contributed by atoms with Crippen LogP contribution in [0.2, 0.25) is 0 Å². The first-order chi connectivity index (χ1) is 14.7. The van der Waals surface area contributed by atoms with Crippen LogP contribution in [0.25, 0.3) is 11.1 Å². The molecule has 2 heterocycles. The van der Waals surface area contributed by atoms with Gasteiger partial charge >= 0.3 is 6.18 Å². The molecule has 3 aromatic rings. The van der Waals surface area contributed by atoms with Crippen molar-refractivity contribution in [2.45, 2.75) is 31.5 Å². The number of aromatic amines is 1. The van der Waals surface area contributed by atoms with Gasteiger partial charge in [-0.05, 0) is 54.2 Å². The molecule has 0 radical (unpaired) electrons. The molecule has 3 N–H and O–H groups in total. The van der Waals surface area contributed by atoms with Crippen LogP contribution in [0, 0.1) is 0 Å². The third kappa shape index (κ3) is 4.45. The SMILES string of the molecule is NC(=O)c1cc(-c2ccc(OCc3cnccc3C3CC3)cc2)c(C(F)(F)F)[nH]c1=O. The molecule has 0 bridgehead atoms. The molecule has 31 heavy (non-hydrogen) atoms. The summed E-state index contributed by atoms with van der Waals surface area (Å²) in [5.74, 6) is -0.119. The second-order valence-electron chi connectivity index (χ2n) is 7.32. The van der Waals surface area contributed by atoms with E-state index in [4.69, 9.17) is 10.5 Å². The van der Waals surface area contributed by atoms with Gasteiger partial charge in [0.05, 0.1) is 0 Å². The molecule has 0 saturated heterocycles. The number of H-pyrrole nitrogens is 1. The summed E-state index contributed by atoms with van der Waals surface area (Å²) in [6.07, 6.45) is 0.955. The average molecular weight is 429 g/mol. The Hall–Kier alpha value is -3.62. The van der Waals surface area contributed by atoms with Crippen molar-refractivity contribution in [1.29, 1.82) is 0 Å². The Bertz CT molecular complexity index is 1180. The molecule has 0 aliphatic heterocycles. The van der Waals surface area contributed by atoms with Crippen LogP contribution >= 0.6 is 0 Å². The van der Waals surface area contributed by atoms with Gasteiger partial charge in [0.15, 0.2) is 0 Å². The molecule has 2 aromatic heterocycles. The van der Waals surface area contributed by atoms with Crippen molar-refractivity contribution in [3.05, 3.63) is 81.5 Å². The molecule has 0 atom stereocenters. The number of alkyl halides is 3. The first kappa shape index (κ1) is 20.6. The third-order valence-electron chi connectivity index (χ3n) is 5.11. The number of hydrogen-bond donors (Lipinski definition) is 2. The number of ether oxygens (including phenoxy) is 1. The number of halogens is 3. The maximum Gasteiger partial charge on any atom is 0.431 e. The largest absolute Gasteiger partial charge is 0.489 e. The zero-order valence-corrected chi connectivity index (χ0v) is 16.2. The van der Waals surface area contributed by atoms with Crippen LogP contribution in [0.1, 0.15) is 45.9 Å². The van der Waals surface area contributed by atoms with Gasteiger partial charge < -0.3 is 15.5 Å². The zero-order valence-electron chi connectivity index (χ0n) is 16.2. The van der Waals surface area contributed by atoms with Crippen molar-refractivity contribution in [2.75, 3.05) is 0 Å². The summed E-state index contributed by atoms with van der Waals surface area (Å²) in [5.41, 5.74) is 4.10. The number of primary amides is 1. The predicted molar refractivity (Wildman–Crippen MR) is 107 cm³/mol. The van der Waals surface area contributed by atoms with Gasteiger partial charge in [-0.1, -0.05) is 12.1 Å². The van der Waals surface area contributed by atoms with E-state index in [1.54, 1.807) is 17.4 Å². The molecule has 0 spiro atoms. The Morgan fingerprint density at radius 3 is 2.52 bits per heavy atom. The monoisotopic (exact) mass is 429 g/mol. The molecule has 0 unspecified atom stereocenters. The Labute approximate surface area is 174 Å². The lowest BCUT2D eigenvalue weighted by atomic mass is 10.0. The van der Waals surface area contributed by atoms with Crippen LogP contribution in [-0.2, 0) is 12.8 Å². The third-order valence-corrected chi connectivity index (χ3v) is 5.11. The fourth-order valence-electron chi connectivity index (χ4n) is 3.41. The van der Waals surface area contributed by atoms with Crippen molar-refractivity contribution < 1.29 is 22.7 Å². The summed E-state index contributed by atoms with van der Waals surface area (Å²) in [7, 11) is 0. The second kappa shape index (κ2) is 7.90. The van der Waals surface area contributed by atoms with Gasteiger partial charge in [-0.25, -0.2) is 0 Å². The molecular formula is C22H18F3N3O3. The number of nitrogens with two attached hydrogens (primary N) is 1. The number of hydrogen-bond acceptors (Lipinski definition) is 4. The Kier molecular flexibility index (Phi) is 5.26. The quantitative estimate of drug-likeness (QED) is 0.619. The number of amides is 1. The minimum atomic E-state index is -4.82. The fourth-order valence-corrected chi connectivity index (χ4v) is 3.41. The highest BCUT2D eigenvalue weighted by Gasteiger charge is 2.36. The smallest absolute Gasteiger partial charge is 0.431 e. The number of nitrogens with one attached hydrogen (secondary N) is 1. The molecule has 1 aliphatic carbocycles. The van der Waals surface area contributed by atoms with E-state index in [2.05, 4.69) is 4.98 Å². The van der Waals surface area contributed by atoms with Gasteiger partial charge in [0, 0.05) is 23.5 Å². The summed E-state index contributed by atoms with van der Waals surface area (Å²) in [6, 6.07) is 8.74. The van der Waals surface area contributed by atoms with Gasteiger partial charge in [0.2, 0.25) is 0 Å². The highest BCUT2D eigenvalue weighted by Crippen LogP contribution is 2.41. The average Bonchev–Trinajstić information content (AvgIpc) is 3.57. The summed E-state index contributed by atoms with van der Waals surface area (Å²) >= 11 is 0. The summed E-state index contributed by atoms with van der Waals surface area (Å²) in [6.45, 7) is 0.289. The van der Waals surface area contributed by atoms with E-state index in [-0.39, 0.29) is 17.7 Å². The molecular weight excluding hydrogens is 411 g/mol. The number of nitrogens with zero attached hydrogens (tertiary/aromatic N) is 1. The number of benzene rings is 1. The lowest BCUT2D eigenvalue weighted by molar-refractivity contribution is -0.140. The number of carbonyl (C=O) groups is 1. The van der Waals surface area contributed by atoms with Gasteiger partial charge in [-0.15, -0.1) is 0 Å². The minimum Gasteiger partial charge on any atom is -0.489 e. The predicted octanol–water partition coefficient (Wildman–Crippen LogP) is 4.01. The Morgan fingerprint density at radius 1 is 1.19 bits per heavy atom. The van der Waals surface area contributed by atoms with Crippen LogP contribution < -0.4 is 16.0 Å². The number of carbonyl (C=O) groups excluding carboxylic acids is 1. The fraction of sp³-hybridized carbons (Fsp3) is 0.227. The molecule has 1 amide bonds. The van der Waals surface area contributed by atoms with Crippen LogP contribution in [0.5, 0.6) is 5.75 Å². The van der Waals surface area contributed by atoms with E-state index in [1.165, 1.54) is 29.8 Å². The van der Waals surface area contributed by atoms with Gasteiger partial charge in [-0.2, -0.15) is 13.2 Å². The highest BCUT2D eigenvalue weighted by molar-refractivity contribution is 5.94. The van der Waals surface area contributed by atoms with E-state index in [0.717, 1.165) is 24.5 Å². The van der Waals surface area contributed by atoms with Crippen molar-refractivity contribution in [3.8, 4) is 16.9 Å². The van der Waals surface area contributed by atoms with Crippen molar-refractivity contribution >= 4 is 5.91 Å². The summed E-state index contributed by atoms with van der Waals surface area (Å²) in [5, 5.41) is 0. The van der Waals surface area contributed by atoms with Crippen molar-refractivity contribution in [1.82, 2.24) is 9.97 Å². The van der Waals surface area contributed by atoms with Gasteiger partial charge in [-0.3, -0.25) is 14.6 Å². The maximum atomic E-state index is 13.4. The standard InChI is InChI=1S/C22H18F3N3O3/c23-22(24,25)19-17(9-18(20(26)29)21(30)28-19)13-3-5-15(6-4-13)31-11-14-10-27-8-7-16(14)12-1-2-12/h3-10,12H,1-2,11H2,(H2,26,29)(H,28,30). The molecule has 160 valence electrons. The first-order valence-corrected chi connectivity index (χ1v) is 9.54. The maximum absolute atomic E-state index is 13.4. The van der Waals surface area contributed by atoms with E-state index in [1.807, 2.05) is 6.07 Å². The molecule has 1 saturated carbocycles. The van der Waals surface area contributed by atoms with Gasteiger partial charge in [0.1, 0.15) is 23.6 Å². The van der Waals surface area contributed by atoms with E-state index in [9.17, 15) is 22.8 Å². The van der Waals surface area contributed by atoms with Crippen LogP contribution in [0.4, 0.5) is 13.2 Å². The Morgan fingerprint density at radius 2 is 1.90 bits per heavy atom. The highest BCUT2D eigenvalue weighted by atomic mass is 19.4.